The van der Waals surface area contributed by atoms with Gasteiger partial charge in [-0.05, 0) is 56.2 Å². The second-order valence-corrected chi connectivity index (χ2v) is 9.98. The highest BCUT2D eigenvalue weighted by Gasteiger charge is 2.31. The first-order chi connectivity index (χ1) is 18.0. The quantitative estimate of drug-likeness (QED) is 0.497. The third-order valence-corrected chi connectivity index (χ3v) is 6.02. The molecule has 0 unspecified atom stereocenters. The van der Waals surface area contributed by atoms with E-state index in [0.717, 1.165) is 5.56 Å². The van der Waals surface area contributed by atoms with Gasteiger partial charge in [0.2, 0.25) is 0 Å². The molecule has 0 aliphatic carbocycles. The summed E-state index contributed by atoms with van der Waals surface area (Å²) >= 11 is 0. The lowest BCUT2D eigenvalue weighted by molar-refractivity contribution is 0.0140. The molecule has 4 rings (SSSR count). The minimum atomic E-state index is -0.737. The van der Waals surface area contributed by atoms with Crippen LogP contribution in [0.2, 0.25) is 0 Å². The molecule has 3 aromatic carbocycles. The first-order valence-corrected chi connectivity index (χ1v) is 12.3. The van der Waals surface area contributed by atoms with Crippen molar-refractivity contribution in [1.29, 1.82) is 0 Å². The summed E-state index contributed by atoms with van der Waals surface area (Å²) in [5.41, 5.74) is 0.278. The second-order valence-electron chi connectivity index (χ2n) is 9.98. The van der Waals surface area contributed by atoms with Crippen LogP contribution in [-0.2, 0) is 4.74 Å². The van der Waals surface area contributed by atoms with Crippen LogP contribution < -0.4 is 5.32 Å². The first-order valence-electron chi connectivity index (χ1n) is 12.3. The number of amides is 3. The van der Waals surface area contributed by atoms with Crippen molar-refractivity contribution in [2.45, 2.75) is 26.4 Å². The summed E-state index contributed by atoms with van der Waals surface area (Å²) < 4.78 is 19.7. The van der Waals surface area contributed by atoms with Crippen LogP contribution in [0.1, 0.15) is 41.5 Å². The van der Waals surface area contributed by atoms with E-state index >= 15 is 0 Å². The molecule has 2 N–H and O–H groups in total. The van der Waals surface area contributed by atoms with Gasteiger partial charge in [-0.1, -0.05) is 42.5 Å². The fourth-order valence-corrected chi connectivity index (χ4v) is 4.16. The number of aromatic hydroxyl groups is 1. The largest absolute Gasteiger partial charge is 0.507 e. The van der Waals surface area contributed by atoms with Crippen LogP contribution >= 0.6 is 0 Å². The van der Waals surface area contributed by atoms with E-state index in [4.69, 9.17) is 4.74 Å². The number of phenols is 1. The number of piperazine rings is 1. The molecule has 38 heavy (non-hydrogen) atoms. The summed E-state index contributed by atoms with van der Waals surface area (Å²) in [6.07, 6.45) is -0.468. The van der Waals surface area contributed by atoms with E-state index in [1.807, 2.05) is 30.3 Å². The molecule has 198 valence electrons. The van der Waals surface area contributed by atoms with Gasteiger partial charge in [-0.15, -0.1) is 0 Å². The molecular weight excluding hydrogens is 489 g/mol. The molecule has 3 amide bonds. The first kappa shape index (κ1) is 26.7. The van der Waals surface area contributed by atoms with E-state index in [1.165, 1.54) is 40.1 Å². The summed E-state index contributed by atoms with van der Waals surface area (Å²) in [5.74, 6) is -2.30. The van der Waals surface area contributed by atoms with E-state index in [-0.39, 0.29) is 48.7 Å². The van der Waals surface area contributed by atoms with Gasteiger partial charge in [0.25, 0.3) is 11.8 Å². The van der Waals surface area contributed by atoms with Crippen molar-refractivity contribution in [2.75, 3.05) is 31.5 Å². The molecule has 1 aliphatic rings. The summed E-state index contributed by atoms with van der Waals surface area (Å²) in [6.45, 7) is 6.18. The Kier molecular flexibility index (Phi) is 7.66. The van der Waals surface area contributed by atoms with E-state index in [9.17, 15) is 23.9 Å². The fraction of sp³-hybridized carbons (Fsp3) is 0.276. The summed E-state index contributed by atoms with van der Waals surface area (Å²) in [5, 5.41) is 13.5. The van der Waals surface area contributed by atoms with Gasteiger partial charge >= 0.3 is 6.09 Å². The van der Waals surface area contributed by atoms with Crippen molar-refractivity contribution in [3.05, 3.63) is 83.7 Å². The van der Waals surface area contributed by atoms with Crippen molar-refractivity contribution in [3.8, 4) is 16.9 Å². The van der Waals surface area contributed by atoms with Gasteiger partial charge in [-0.25, -0.2) is 9.18 Å². The van der Waals surface area contributed by atoms with Crippen molar-refractivity contribution in [2.24, 2.45) is 0 Å². The number of phenolic OH excluding ortho intramolecular Hbond substituents is 1. The summed E-state index contributed by atoms with van der Waals surface area (Å²) in [7, 11) is 0. The highest BCUT2D eigenvalue weighted by molar-refractivity contribution is 6.14. The fourth-order valence-electron chi connectivity index (χ4n) is 4.16. The Hall–Kier alpha value is -4.40. The number of hydrogen-bond donors (Lipinski definition) is 2. The maximum absolute atomic E-state index is 14.3. The molecule has 0 spiro atoms. The lowest BCUT2D eigenvalue weighted by Crippen LogP contribution is -2.51. The highest BCUT2D eigenvalue weighted by atomic mass is 19.1. The third kappa shape index (κ3) is 6.11. The smallest absolute Gasteiger partial charge is 0.410 e. The van der Waals surface area contributed by atoms with E-state index in [2.05, 4.69) is 5.32 Å². The Labute approximate surface area is 220 Å². The molecule has 8 nitrogen and oxygen atoms in total. The SMILES string of the molecule is CC(C)(C)OC(=O)N1CCN(C(=O)c2c(O)cc(-c3ccccc3)cc2C(=O)Nc2ccccc2F)CC1. The molecular formula is C29H30FN3O5. The number of nitrogens with one attached hydrogen (secondary N) is 1. The number of benzene rings is 3. The minimum absolute atomic E-state index is 0.0496. The molecule has 0 saturated carbocycles. The number of ether oxygens (including phenoxy) is 1. The van der Waals surface area contributed by atoms with Crippen LogP contribution in [0.25, 0.3) is 11.1 Å². The van der Waals surface area contributed by atoms with Gasteiger partial charge < -0.3 is 25.0 Å². The zero-order chi connectivity index (χ0) is 27.4. The lowest BCUT2D eigenvalue weighted by Gasteiger charge is -2.36. The summed E-state index contributed by atoms with van der Waals surface area (Å²) in [4.78, 5) is 42.3. The molecule has 0 bridgehead atoms. The number of carbonyl (C=O) groups is 3. The Bertz CT molecular complexity index is 1350. The normalized spacial score (nSPS) is 13.7. The van der Waals surface area contributed by atoms with Gasteiger partial charge in [-0.3, -0.25) is 9.59 Å². The Morgan fingerprint density at radius 1 is 0.868 bits per heavy atom. The lowest BCUT2D eigenvalue weighted by atomic mass is 9.96. The van der Waals surface area contributed by atoms with E-state index in [1.54, 1.807) is 26.8 Å². The minimum Gasteiger partial charge on any atom is -0.507 e. The van der Waals surface area contributed by atoms with Crippen molar-refractivity contribution < 1.29 is 28.6 Å². The van der Waals surface area contributed by atoms with Crippen LogP contribution in [0, 0.1) is 5.82 Å². The number of para-hydroxylation sites is 1. The number of hydrogen-bond acceptors (Lipinski definition) is 5. The van der Waals surface area contributed by atoms with Crippen LogP contribution in [0.5, 0.6) is 5.75 Å². The highest BCUT2D eigenvalue weighted by Crippen LogP contribution is 2.32. The van der Waals surface area contributed by atoms with Crippen LogP contribution in [0.3, 0.4) is 0 Å². The molecule has 1 fully saturated rings. The van der Waals surface area contributed by atoms with Crippen molar-refractivity contribution >= 4 is 23.6 Å². The van der Waals surface area contributed by atoms with Gasteiger partial charge in [0.15, 0.2) is 0 Å². The van der Waals surface area contributed by atoms with Gasteiger partial charge in [-0.2, -0.15) is 0 Å². The number of carbonyl (C=O) groups excluding carboxylic acids is 3. The molecule has 0 atom stereocenters. The topological polar surface area (TPSA) is 99.2 Å². The number of anilines is 1. The van der Waals surface area contributed by atoms with Gasteiger partial charge in [0.1, 0.15) is 17.2 Å². The van der Waals surface area contributed by atoms with E-state index in [0.29, 0.717) is 5.56 Å². The molecule has 3 aromatic rings. The zero-order valence-corrected chi connectivity index (χ0v) is 21.5. The molecule has 1 saturated heterocycles. The summed E-state index contributed by atoms with van der Waals surface area (Å²) in [6, 6.07) is 17.7. The van der Waals surface area contributed by atoms with Crippen molar-refractivity contribution in [3.63, 3.8) is 0 Å². The second kappa shape index (κ2) is 10.9. The maximum Gasteiger partial charge on any atom is 0.410 e. The predicted molar refractivity (Wildman–Crippen MR) is 142 cm³/mol. The Morgan fingerprint density at radius 3 is 2.11 bits per heavy atom. The number of nitrogens with zero attached hydrogens (tertiary/aromatic N) is 2. The molecule has 1 aliphatic heterocycles. The average Bonchev–Trinajstić information content (AvgIpc) is 2.88. The predicted octanol–water partition coefficient (Wildman–Crippen LogP) is 5.14. The van der Waals surface area contributed by atoms with E-state index < -0.39 is 29.3 Å². The zero-order valence-electron chi connectivity index (χ0n) is 21.5. The van der Waals surface area contributed by atoms with Crippen LogP contribution in [0.15, 0.2) is 66.7 Å². The van der Waals surface area contributed by atoms with Gasteiger partial charge in [0, 0.05) is 26.2 Å². The maximum atomic E-state index is 14.3. The van der Waals surface area contributed by atoms with Crippen molar-refractivity contribution in [1.82, 2.24) is 9.80 Å². The molecule has 1 heterocycles. The Morgan fingerprint density at radius 2 is 1.47 bits per heavy atom. The standard InChI is InChI=1S/C29H30FN3O5/c1-29(2,3)38-28(37)33-15-13-32(14-16-33)27(36)25-21(26(35)31-23-12-8-7-11-22(23)30)17-20(18-24(25)34)19-9-5-4-6-10-19/h4-12,17-18,34H,13-16H2,1-3H3,(H,31,35). The average molecular weight is 520 g/mol. The molecule has 0 aromatic heterocycles. The van der Waals surface area contributed by atoms with Gasteiger partial charge in [0.05, 0.1) is 16.8 Å². The number of halogens is 1. The van der Waals surface area contributed by atoms with Crippen LogP contribution in [-0.4, -0.2) is 64.6 Å². The monoisotopic (exact) mass is 519 g/mol. The Balaban J connectivity index is 1.63. The third-order valence-electron chi connectivity index (χ3n) is 6.02. The van der Waals surface area contributed by atoms with Crippen LogP contribution in [0.4, 0.5) is 14.9 Å². The molecule has 9 heteroatoms. The number of rotatable bonds is 4. The molecule has 0 radical (unpaired) electrons.